The van der Waals surface area contributed by atoms with Gasteiger partial charge in [0.25, 0.3) is 0 Å². The highest BCUT2D eigenvalue weighted by Crippen LogP contribution is 2.20. The van der Waals surface area contributed by atoms with Gasteiger partial charge in [0, 0.05) is 6.54 Å². The van der Waals surface area contributed by atoms with E-state index in [1.807, 2.05) is 42.5 Å². The van der Waals surface area contributed by atoms with Crippen LogP contribution in [0, 0.1) is 0 Å². The fraction of sp³-hybridized carbons (Fsp3) is 0.188. The van der Waals surface area contributed by atoms with E-state index >= 15 is 0 Å². The molecule has 7 heteroatoms. The molecular weight excluding hydrogens is 330 g/mol. The molecule has 23 heavy (non-hydrogen) atoms. The molecule has 0 aliphatic carbocycles. The molecule has 0 spiro atoms. The highest BCUT2D eigenvalue weighted by molar-refractivity contribution is 8.01. The Balaban J connectivity index is 1.67. The van der Waals surface area contributed by atoms with Crippen molar-refractivity contribution < 1.29 is 9.21 Å². The Hall–Kier alpha value is -2.12. The Morgan fingerprint density at radius 1 is 1.17 bits per heavy atom. The molecule has 0 aliphatic heterocycles. The first kappa shape index (κ1) is 15.8. The van der Waals surface area contributed by atoms with E-state index in [9.17, 15) is 4.79 Å². The van der Waals surface area contributed by atoms with E-state index in [1.165, 1.54) is 23.1 Å². The number of thioether (sulfide) groups is 1. The van der Waals surface area contributed by atoms with E-state index in [4.69, 9.17) is 4.42 Å². The van der Waals surface area contributed by atoms with Gasteiger partial charge in [-0.3, -0.25) is 4.79 Å². The molecule has 3 aromatic rings. The fourth-order valence-electron chi connectivity index (χ4n) is 2.07. The molecule has 0 saturated heterocycles. The zero-order chi connectivity index (χ0) is 15.9. The van der Waals surface area contributed by atoms with Crippen molar-refractivity contribution in [3.8, 4) is 0 Å². The first-order valence-corrected chi connectivity index (χ1v) is 8.91. The average molecular weight is 345 g/mol. The Bertz CT molecular complexity index is 715. The van der Waals surface area contributed by atoms with Crippen LogP contribution in [0.25, 0.3) is 0 Å². The Morgan fingerprint density at radius 3 is 2.74 bits per heavy atom. The number of hydrogen-bond donors (Lipinski definition) is 0. The van der Waals surface area contributed by atoms with E-state index in [1.54, 1.807) is 16.7 Å². The number of carbonyl (C=O) groups excluding carboxylic acids is 1. The minimum atomic E-state index is 0.0467. The van der Waals surface area contributed by atoms with Crippen LogP contribution in [0.3, 0.4) is 0 Å². The minimum Gasteiger partial charge on any atom is -0.467 e. The maximum atomic E-state index is 12.6. The van der Waals surface area contributed by atoms with Crippen molar-refractivity contribution in [1.29, 1.82) is 0 Å². The number of aromatic nitrogens is 2. The predicted molar refractivity (Wildman–Crippen MR) is 90.0 cm³/mol. The van der Waals surface area contributed by atoms with Crippen molar-refractivity contribution in [2.45, 2.75) is 17.4 Å². The van der Waals surface area contributed by atoms with Crippen LogP contribution in [0.4, 0.5) is 0 Å². The molecule has 0 bridgehead atoms. The van der Waals surface area contributed by atoms with E-state index in [0.29, 0.717) is 18.8 Å². The van der Waals surface area contributed by atoms with Crippen molar-refractivity contribution >= 4 is 29.0 Å². The average Bonchev–Trinajstić information content (AvgIpc) is 3.26. The highest BCUT2D eigenvalue weighted by Gasteiger charge is 2.17. The third kappa shape index (κ3) is 4.67. The second-order valence-electron chi connectivity index (χ2n) is 4.81. The molecule has 3 rings (SSSR count). The summed E-state index contributed by atoms with van der Waals surface area (Å²) in [6, 6.07) is 13.6. The topological polar surface area (TPSA) is 59.2 Å². The van der Waals surface area contributed by atoms with Gasteiger partial charge >= 0.3 is 0 Å². The van der Waals surface area contributed by atoms with Crippen molar-refractivity contribution in [3.63, 3.8) is 0 Å². The monoisotopic (exact) mass is 345 g/mol. The van der Waals surface area contributed by atoms with Gasteiger partial charge in [-0.1, -0.05) is 53.4 Å². The molecule has 0 fully saturated rings. The number of rotatable bonds is 7. The van der Waals surface area contributed by atoms with Crippen molar-refractivity contribution in [3.05, 3.63) is 65.6 Å². The number of carbonyl (C=O) groups is 1. The molecule has 0 radical (unpaired) electrons. The summed E-state index contributed by atoms with van der Waals surface area (Å²) in [5, 5.41) is 7.73. The molecule has 0 saturated carbocycles. The Labute approximate surface area is 142 Å². The summed E-state index contributed by atoms with van der Waals surface area (Å²) in [6.45, 7) is 1.01. The largest absolute Gasteiger partial charge is 0.467 e. The maximum Gasteiger partial charge on any atom is 0.233 e. The smallest absolute Gasteiger partial charge is 0.233 e. The van der Waals surface area contributed by atoms with Crippen molar-refractivity contribution in [2.75, 3.05) is 5.75 Å². The lowest BCUT2D eigenvalue weighted by Gasteiger charge is -2.21. The normalized spacial score (nSPS) is 10.6. The Kier molecular flexibility index (Phi) is 5.44. The van der Waals surface area contributed by atoms with Gasteiger partial charge in [0.1, 0.15) is 11.3 Å². The van der Waals surface area contributed by atoms with E-state index in [0.717, 1.165) is 15.7 Å². The molecule has 5 nitrogen and oxygen atoms in total. The van der Waals surface area contributed by atoms with Crippen LogP contribution >= 0.6 is 23.1 Å². The molecule has 2 aromatic heterocycles. The number of nitrogens with zero attached hydrogens (tertiary/aromatic N) is 3. The summed E-state index contributed by atoms with van der Waals surface area (Å²) < 4.78 is 6.18. The van der Waals surface area contributed by atoms with Gasteiger partial charge in [0.05, 0.1) is 18.6 Å². The Morgan fingerprint density at radius 2 is 2.04 bits per heavy atom. The second-order valence-corrected chi connectivity index (χ2v) is 6.86. The van der Waals surface area contributed by atoms with E-state index < -0.39 is 0 Å². The maximum absolute atomic E-state index is 12.6. The van der Waals surface area contributed by atoms with Crippen LogP contribution in [0.5, 0.6) is 0 Å². The molecular formula is C16H15N3O2S2. The quantitative estimate of drug-likeness (QED) is 0.614. The first-order chi connectivity index (χ1) is 11.3. The first-order valence-electron chi connectivity index (χ1n) is 7.04. The van der Waals surface area contributed by atoms with E-state index in [2.05, 4.69) is 10.2 Å². The summed E-state index contributed by atoms with van der Waals surface area (Å²) in [6.07, 6.45) is 1.62. The summed E-state index contributed by atoms with van der Waals surface area (Å²) >= 11 is 2.85. The summed E-state index contributed by atoms with van der Waals surface area (Å²) in [7, 11) is 0. The van der Waals surface area contributed by atoms with Crippen LogP contribution < -0.4 is 0 Å². The van der Waals surface area contributed by atoms with Crippen LogP contribution in [-0.4, -0.2) is 26.8 Å². The van der Waals surface area contributed by atoms with Gasteiger partial charge in [-0.25, -0.2) is 0 Å². The predicted octanol–water partition coefficient (Wildman–Crippen LogP) is 3.45. The number of benzene rings is 1. The second kappa shape index (κ2) is 7.94. The molecule has 0 aliphatic rings. The molecule has 0 atom stereocenters. The zero-order valence-electron chi connectivity index (χ0n) is 12.3. The van der Waals surface area contributed by atoms with Crippen molar-refractivity contribution in [1.82, 2.24) is 15.1 Å². The van der Waals surface area contributed by atoms with Crippen molar-refractivity contribution in [2.24, 2.45) is 0 Å². The van der Waals surface area contributed by atoms with E-state index in [-0.39, 0.29) is 5.91 Å². The number of hydrogen-bond acceptors (Lipinski definition) is 6. The molecule has 2 heterocycles. The van der Waals surface area contributed by atoms with Gasteiger partial charge < -0.3 is 9.32 Å². The number of furan rings is 1. The lowest BCUT2D eigenvalue weighted by atomic mass is 10.2. The third-order valence-electron chi connectivity index (χ3n) is 3.15. The molecule has 0 unspecified atom stereocenters. The molecule has 118 valence electrons. The summed E-state index contributed by atoms with van der Waals surface area (Å²) in [5.41, 5.74) is 2.76. The van der Waals surface area contributed by atoms with Gasteiger partial charge in [-0.05, 0) is 17.7 Å². The SMILES string of the molecule is O=C(CSc1nncs1)N(Cc1ccccc1)Cc1ccco1. The number of amides is 1. The van der Waals surface area contributed by atoms with Gasteiger partial charge in [-0.15, -0.1) is 10.2 Å². The summed E-state index contributed by atoms with van der Waals surface area (Å²) in [4.78, 5) is 14.4. The lowest BCUT2D eigenvalue weighted by molar-refractivity contribution is -0.129. The van der Waals surface area contributed by atoms with Crippen LogP contribution in [0.15, 0.2) is 63.0 Å². The van der Waals surface area contributed by atoms with Gasteiger partial charge in [-0.2, -0.15) is 0 Å². The molecule has 1 aromatic carbocycles. The van der Waals surface area contributed by atoms with Gasteiger partial charge in [0.2, 0.25) is 5.91 Å². The lowest BCUT2D eigenvalue weighted by Crippen LogP contribution is -2.31. The van der Waals surface area contributed by atoms with Gasteiger partial charge in [0.15, 0.2) is 4.34 Å². The molecule has 0 N–H and O–H groups in total. The highest BCUT2D eigenvalue weighted by atomic mass is 32.2. The zero-order valence-corrected chi connectivity index (χ0v) is 13.9. The van der Waals surface area contributed by atoms with Crippen LogP contribution in [0.2, 0.25) is 0 Å². The minimum absolute atomic E-state index is 0.0467. The fourth-order valence-corrected chi connectivity index (χ4v) is 3.46. The standard InChI is InChI=1S/C16H15N3O2S2/c20-15(11-22-16-18-17-12-23-16)19(10-14-7-4-8-21-14)9-13-5-2-1-3-6-13/h1-8,12H,9-11H2. The van der Waals surface area contributed by atoms with Crippen LogP contribution in [0.1, 0.15) is 11.3 Å². The summed E-state index contributed by atoms with van der Waals surface area (Å²) in [5.74, 6) is 1.16. The van der Waals surface area contributed by atoms with Crippen LogP contribution in [-0.2, 0) is 17.9 Å². The third-order valence-corrected chi connectivity index (χ3v) is 5.00. The molecule has 1 amide bonds.